The molecule has 1 aliphatic heterocycles. The molecular weight excluding hydrogens is 365 g/mol. The molecular formula is C19H20FN5OS. The summed E-state index contributed by atoms with van der Waals surface area (Å²) in [6.45, 7) is 3.10. The Morgan fingerprint density at radius 3 is 2.70 bits per heavy atom. The van der Waals surface area contributed by atoms with E-state index in [0.29, 0.717) is 18.8 Å². The molecule has 1 aliphatic rings. The highest BCUT2D eigenvalue weighted by atomic mass is 32.1. The molecule has 0 radical (unpaired) electrons. The summed E-state index contributed by atoms with van der Waals surface area (Å²) >= 11 is 1.50. The summed E-state index contributed by atoms with van der Waals surface area (Å²) in [5.41, 5.74) is 0.419. The van der Waals surface area contributed by atoms with Crippen molar-refractivity contribution in [1.29, 1.82) is 0 Å². The number of alkyl halides is 1. The molecule has 0 saturated carbocycles. The average molecular weight is 385 g/mol. The van der Waals surface area contributed by atoms with E-state index >= 15 is 0 Å². The fourth-order valence-corrected chi connectivity index (χ4v) is 3.95. The van der Waals surface area contributed by atoms with Gasteiger partial charge in [0.25, 0.3) is 0 Å². The van der Waals surface area contributed by atoms with E-state index in [1.807, 2.05) is 31.0 Å². The summed E-state index contributed by atoms with van der Waals surface area (Å²) in [5.74, 6) is -0.383. The molecule has 1 saturated heterocycles. The molecule has 0 bridgehead atoms. The number of ketones is 1. The number of hydrogen-bond donors (Lipinski definition) is 0. The van der Waals surface area contributed by atoms with Crippen LogP contribution >= 0.6 is 11.3 Å². The molecule has 1 fully saturated rings. The van der Waals surface area contributed by atoms with Gasteiger partial charge in [-0.25, -0.2) is 4.39 Å². The van der Waals surface area contributed by atoms with Crippen molar-refractivity contribution >= 4 is 28.0 Å². The molecule has 0 aromatic carbocycles. The third kappa shape index (κ3) is 3.72. The summed E-state index contributed by atoms with van der Waals surface area (Å²) in [5, 5.41) is 10.7. The van der Waals surface area contributed by atoms with E-state index in [9.17, 15) is 9.18 Å². The maximum atomic E-state index is 15.0. The van der Waals surface area contributed by atoms with Gasteiger partial charge in [-0.3, -0.25) is 14.8 Å². The minimum Gasteiger partial charge on any atom is -0.306 e. The van der Waals surface area contributed by atoms with E-state index in [2.05, 4.69) is 20.2 Å². The van der Waals surface area contributed by atoms with Crippen LogP contribution in [0.3, 0.4) is 0 Å². The first-order chi connectivity index (χ1) is 12.9. The van der Waals surface area contributed by atoms with Crippen LogP contribution in [0.1, 0.15) is 23.5 Å². The molecule has 6 nitrogen and oxygen atoms in total. The molecule has 0 N–H and O–H groups in total. The summed E-state index contributed by atoms with van der Waals surface area (Å²) in [6, 6.07) is 3.77. The van der Waals surface area contributed by atoms with Crippen molar-refractivity contribution in [3.8, 4) is 10.6 Å². The van der Waals surface area contributed by atoms with Gasteiger partial charge in [-0.1, -0.05) is 11.3 Å². The monoisotopic (exact) mass is 385 g/mol. The number of halogens is 1. The van der Waals surface area contributed by atoms with E-state index in [4.69, 9.17) is 0 Å². The second-order valence-corrected chi connectivity index (χ2v) is 8.27. The number of aryl methyl sites for hydroxylation is 1. The minimum absolute atomic E-state index is 0.00169. The van der Waals surface area contributed by atoms with Crippen molar-refractivity contribution in [2.45, 2.75) is 31.9 Å². The van der Waals surface area contributed by atoms with Gasteiger partial charge in [-0.2, -0.15) is 0 Å². The molecule has 4 rings (SSSR count). The lowest BCUT2D eigenvalue weighted by Gasteiger charge is -2.33. The van der Waals surface area contributed by atoms with Crippen LogP contribution in [0.2, 0.25) is 0 Å². The van der Waals surface area contributed by atoms with Crippen molar-refractivity contribution in [3.63, 3.8) is 0 Å². The van der Waals surface area contributed by atoms with Gasteiger partial charge in [0.2, 0.25) is 0 Å². The number of fused-ring (bicyclic) bond motifs is 1. The zero-order valence-electron chi connectivity index (χ0n) is 15.3. The smallest absolute Gasteiger partial charge is 0.175 e. The molecule has 3 aromatic rings. The minimum atomic E-state index is -1.74. The molecule has 140 valence electrons. The van der Waals surface area contributed by atoms with E-state index in [1.54, 1.807) is 12.4 Å². The number of pyridine rings is 2. The highest BCUT2D eigenvalue weighted by molar-refractivity contribution is 7.14. The molecule has 4 heterocycles. The topological polar surface area (TPSA) is 71.9 Å². The van der Waals surface area contributed by atoms with Crippen molar-refractivity contribution in [3.05, 3.63) is 35.2 Å². The maximum absolute atomic E-state index is 15.0. The van der Waals surface area contributed by atoms with Gasteiger partial charge in [0.05, 0.1) is 18.1 Å². The van der Waals surface area contributed by atoms with Crippen molar-refractivity contribution in [1.82, 2.24) is 25.1 Å². The van der Waals surface area contributed by atoms with Crippen molar-refractivity contribution in [2.75, 3.05) is 20.1 Å². The molecule has 0 unspecified atom stereocenters. The zero-order valence-corrected chi connectivity index (χ0v) is 16.1. The Morgan fingerprint density at radius 2 is 2.00 bits per heavy atom. The number of carbonyl (C=O) groups excluding carboxylic acids is 1. The van der Waals surface area contributed by atoms with Crippen LogP contribution in [-0.2, 0) is 11.2 Å². The summed E-state index contributed by atoms with van der Waals surface area (Å²) in [6.07, 6.45) is 3.87. The van der Waals surface area contributed by atoms with Crippen LogP contribution < -0.4 is 0 Å². The number of piperidine rings is 1. The van der Waals surface area contributed by atoms with Crippen LogP contribution in [0.4, 0.5) is 4.39 Å². The molecule has 3 aromatic heterocycles. The van der Waals surface area contributed by atoms with E-state index in [0.717, 1.165) is 26.5 Å². The first-order valence-electron chi connectivity index (χ1n) is 8.89. The lowest BCUT2D eigenvalue weighted by Crippen LogP contribution is -2.45. The summed E-state index contributed by atoms with van der Waals surface area (Å²) < 4.78 is 15.0. The predicted octanol–water partition coefficient (Wildman–Crippen LogP) is 3.00. The normalized spacial score (nSPS) is 17.3. The second-order valence-electron chi connectivity index (χ2n) is 7.09. The van der Waals surface area contributed by atoms with Crippen LogP contribution in [0, 0.1) is 6.92 Å². The molecule has 0 aliphatic carbocycles. The lowest BCUT2D eigenvalue weighted by atomic mass is 9.87. The molecule has 0 spiro atoms. The molecule has 8 heteroatoms. The zero-order chi connectivity index (χ0) is 19.0. The van der Waals surface area contributed by atoms with Gasteiger partial charge in [-0.05, 0) is 26.1 Å². The van der Waals surface area contributed by atoms with Crippen LogP contribution in [0.15, 0.2) is 24.5 Å². The van der Waals surface area contributed by atoms with Crippen molar-refractivity contribution in [2.24, 2.45) is 0 Å². The van der Waals surface area contributed by atoms with Crippen molar-refractivity contribution < 1.29 is 9.18 Å². The Balaban J connectivity index is 1.58. The lowest BCUT2D eigenvalue weighted by molar-refractivity contribution is -0.132. The van der Waals surface area contributed by atoms with Gasteiger partial charge in [0, 0.05) is 48.8 Å². The Hall–Kier alpha value is -2.32. The third-order valence-electron chi connectivity index (χ3n) is 5.02. The number of hydrogen-bond acceptors (Lipinski definition) is 7. The van der Waals surface area contributed by atoms with E-state index in [-0.39, 0.29) is 25.0 Å². The highest BCUT2D eigenvalue weighted by Crippen LogP contribution is 2.29. The average Bonchev–Trinajstić information content (AvgIpc) is 3.10. The van der Waals surface area contributed by atoms with Gasteiger partial charge < -0.3 is 4.90 Å². The molecule has 0 atom stereocenters. The first kappa shape index (κ1) is 18.1. The fourth-order valence-electron chi connectivity index (χ4n) is 3.28. The standard InChI is InChI=1S/C19H20FN5OS/c1-12-23-24-18(27-12)14-7-13-8-15(21-11-16(13)22-10-14)9-17(26)19(20)3-5-25(2)6-4-19/h7-8,10-11H,3-6,9H2,1-2H3. The second kappa shape index (κ2) is 7.01. The number of Topliss-reactive ketones (excluding diaryl/α,β-unsaturated/α-hetero) is 1. The van der Waals surface area contributed by atoms with Gasteiger partial charge in [0.1, 0.15) is 10.0 Å². The Bertz CT molecular complexity index is 997. The largest absolute Gasteiger partial charge is 0.306 e. The molecule has 0 amide bonds. The number of likely N-dealkylation sites (tertiary alicyclic amines) is 1. The molecule has 27 heavy (non-hydrogen) atoms. The maximum Gasteiger partial charge on any atom is 0.175 e. The van der Waals surface area contributed by atoms with Crippen LogP contribution in [0.5, 0.6) is 0 Å². The summed E-state index contributed by atoms with van der Waals surface area (Å²) in [4.78, 5) is 23.3. The number of aromatic nitrogens is 4. The SMILES string of the molecule is Cc1nnc(-c2cnc3cnc(CC(=O)C4(F)CCN(C)CC4)cc3c2)s1. The van der Waals surface area contributed by atoms with Gasteiger partial charge >= 0.3 is 0 Å². The van der Waals surface area contributed by atoms with Gasteiger partial charge in [-0.15, -0.1) is 10.2 Å². The highest BCUT2D eigenvalue weighted by Gasteiger charge is 2.40. The Labute approximate surface area is 160 Å². The Kier molecular flexibility index (Phi) is 4.69. The number of rotatable bonds is 4. The number of nitrogens with zero attached hydrogens (tertiary/aromatic N) is 5. The van der Waals surface area contributed by atoms with E-state index in [1.165, 1.54) is 11.3 Å². The van der Waals surface area contributed by atoms with Gasteiger partial charge in [0.15, 0.2) is 11.5 Å². The van der Waals surface area contributed by atoms with E-state index < -0.39 is 5.67 Å². The predicted molar refractivity (Wildman–Crippen MR) is 102 cm³/mol. The fraction of sp³-hybridized carbons (Fsp3) is 0.421. The van der Waals surface area contributed by atoms with Crippen LogP contribution in [-0.4, -0.2) is 56.7 Å². The first-order valence-corrected chi connectivity index (χ1v) is 9.70. The summed E-state index contributed by atoms with van der Waals surface area (Å²) in [7, 11) is 1.94. The van der Waals surface area contributed by atoms with Crippen LogP contribution in [0.25, 0.3) is 21.5 Å². The number of carbonyl (C=O) groups is 1. The third-order valence-corrected chi connectivity index (χ3v) is 5.91. The quantitative estimate of drug-likeness (QED) is 0.688. The Morgan fingerprint density at radius 1 is 1.22 bits per heavy atom.